The largest absolute Gasteiger partial charge is 0.369 e. The van der Waals surface area contributed by atoms with Gasteiger partial charge in [0.1, 0.15) is 12.1 Å². The molecule has 3 rings (SSSR count). The molecule has 1 aliphatic carbocycles. The minimum atomic E-state index is 0.934. The highest BCUT2D eigenvalue weighted by molar-refractivity contribution is 7.99. The normalized spacial score (nSPS) is 13.8. The van der Waals surface area contributed by atoms with Crippen molar-refractivity contribution in [3.8, 4) is 0 Å². The van der Waals surface area contributed by atoms with E-state index in [1.54, 1.807) is 6.33 Å². The fourth-order valence-electron chi connectivity index (χ4n) is 2.53. The van der Waals surface area contributed by atoms with Gasteiger partial charge in [-0.05, 0) is 37.8 Å². The van der Waals surface area contributed by atoms with E-state index in [9.17, 15) is 0 Å². The van der Waals surface area contributed by atoms with Crippen LogP contribution in [0.15, 0.2) is 41.6 Å². The lowest BCUT2D eigenvalue weighted by Gasteiger charge is -2.17. The molecule has 1 N–H and O–H groups in total. The molecule has 0 saturated heterocycles. The van der Waals surface area contributed by atoms with Gasteiger partial charge in [-0.3, -0.25) is 0 Å². The second kappa shape index (κ2) is 6.75. The maximum absolute atomic E-state index is 4.41. The number of hydrogen-bond donors (Lipinski definition) is 1. The number of rotatable bonds is 5. The van der Waals surface area contributed by atoms with Crippen LogP contribution in [0.1, 0.15) is 24.1 Å². The topological polar surface area (TPSA) is 37.8 Å². The molecule has 0 atom stereocenters. The van der Waals surface area contributed by atoms with Crippen LogP contribution < -0.4 is 5.32 Å². The summed E-state index contributed by atoms with van der Waals surface area (Å²) in [5.41, 5.74) is 2.58. The van der Waals surface area contributed by atoms with Crippen LogP contribution in [-0.2, 0) is 12.8 Å². The van der Waals surface area contributed by atoms with Crippen LogP contribution in [0.3, 0.4) is 0 Å². The summed E-state index contributed by atoms with van der Waals surface area (Å²) < 4.78 is 0. The third kappa shape index (κ3) is 3.31. The van der Waals surface area contributed by atoms with Gasteiger partial charge in [-0.2, -0.15) is 0 Å². The van der Waals surface area contributed by atoms with Crippen LogP contribution in [0.5, 0.6) is 0 Å². The Labute approximate surface area is 124 Å². The molecule has 4 heteroatoms. The first-order valence-electron chi connectivity index (χ1n) is 7.18. The summed E-state index contributed by atoms with van der Waals surface area (Å²) in [5, 5.41) is 3.47. The van der Waals surface area contributed by atoms with Gasteiger partial charge in [-0.25, -0.2) is 9.97 Å². The van der Waals surface area contributed by atoms with Gasteiger partial charge in [0, 0.05) is 28.5 Å². The van der Waals surface area contributed by atoms with Crippen molar-refractivity contribution >= 4 is 17.6 Å². The van der Waals surface area contributed by atoms with E-state index in [4.69, 9.17) is 0 Å². The molecule has 0 saturated carbocycles. The SMILES string of the molecule is c1ccc(SCCNc2ncnc3c2CCCC3)cc1. The third-order valence-electron chi connectivity index (χ3n) is 3.53. The first-order chi connectivity index (χ1) is 9.93. The minimum Gasteiger partial charge on any atom is -0.369 e. The Morgan fingerprint density at radius 3 is 2.80 bits per heavy atom. The zero-order valence-electron chi connectivity index (χ0n) is 11.5. The molecule has 0 radical (unpaired) electrons. The molecular weight excluding hydrogens is 266 g/mol. The zero-order chi connectivity index (χ0) is 13.6. The zero-order valence-corrected chi connectivity index (χ0v) is 12.3. The number of aryl methyl sites for hydroxylation is 1. The highest BCUT2D eigenvalue weighted by Crippen LogP contribution is 2.24. The van der Waals surface area contributed by atoms with E-state index < -0.39 is 0 Å². The van der Waals surface area contributed by atoms with Crippen LogP contribution in [0.25, 0.3) is 0 Å². The van der Waals surface area contributed by atoms with E-state index in [0.29, 0.717) is 0 Å². The minimum absolute atomic E-state index is 0.934. The standard InChI is InChI=1S/C16H19N3S/c1-2-6-13(7-3-1)20-11-10-17-16-14-8-4-5-9-15(14)18-12-19-16/h1-3,6-7,12H,4-5,8-11H2,(H,17,18,19). The van der Waals surface area contributed by atoms with Gasteiger partial charge in [0.15, 0.2) is 0 Å². The lowest BCUT2D eigenvalue weighted by molar-refractivity contribution is 0.663. The summed E-state index contributed by atoms with van der Waals surface area (Å²) in [6.45, 7) is 0.934. The molecule has 1 aromatic carbocycles. The van der Waals surface area contributed by atoms with Gasteiger partial charge in [0.25, 0.3) is 0 Å². The summed E-state index contributed by atoms with van der Waals surface area (Å²) in [6, 6.07) is 10.5. The van der Waals surface area contributed by atoms with Crippen molar-refractivity contribution in [2.75, 3.05) is 17.6 Å². The molecule has 1 heterocycles. The quantitative estimate of drug-likeness (QED) is 0.673. The van der Waals surface area contributed by atoms with Crippen molar-refractivity contribution in [3.63, 3.8) is 0 Å². The predicted molar refractivity (Wildman–Crippen MR) is 84.3 cm³/mol. The number of benzene rings is 1. The van der Waals surface area contributed by atoms with Crippen molar-refractivity contribution in [1.82, 2.24) is 9.97 Å². The highest BCUT2D eigenvalue weighted by Gasteiger charge is 2.14. The molecule has 0 bridgehead atoms. The highest BCUT2D eigenvalue weighted by atomic mass is 32.2. The van der Waals surface area contributed by atoms with Crippen molar-refractivity contribution in [1.29, 1.82) is 0 Å². The van der Waals surface area contributed by atoms with Crippen LogP contribution in [0.4, 0.5) is 5.82 Å². The molecule has 0 aliphatic heterocycles. The average Bonchev–Trinajstić information content (AvgIpc) is 2.53. The fourth-order valence-corrected chi connectivity index (χ4v) is 3.32. The third-order valence-corrected chi connectivity index (χ3v) is 4.55. The molecule has 0 fully saturated rings. The van der Waals surface area contributed by atoms with Gasteiger partial charge in [0.2, 0.25) is 0 Å². The van der Waals surface area contributed by atoms with E-state index in [1.807, 2.05) is 11.8 Å². The molecular formula is C16H19N3S. The van der Waals surface area contributed by atoms with Crippen LogP contribution in [0.2, 0.25) is 0 Å². The number of nitrogens with zero attached hydrogens (tertiary/aromatic N) is 2. The smallest absolute Gasteiger partial charge is 0.132 e. The number of hydrogen-bond acceptors (Lipinski definition) is 4. The lowest BCUT2D eigenvalue weighted by atomic mass is 9.96. The number of nitrogens with one attached hydrogen (secondary N) is 1. The molecule has 1 aliphatic rings. The maximum Gasteiger partial charge on any atom is 0.132 e. The molecule has 20 heavy (non-hydrogen) atoms. The summed E-state index contributed by atoms with van der Waals surface area (Å²) in [7, 11) is 0. The van der Waals surface area contributed by atoms with Crippen LogP contribution >= 0.6 is 11.8 Å². The Morgan fingerprint density at radius 1 is 1.05 bits per heavy atom. The first kappa shape index (κ1) is 13.4. The van der Waals surface area contributed by atoms with E-state index in [2.05, 4.69) is 45.6 Å². The molecule has 0 amide bonds. The molecule has 3 nitrogen and oxygen atoms in total. The molecule has 0 unspecified atom stereocenters. The Morgan fingerprint density at radius 2 is 1.90 bits per heavy atom. The molecule has 2 aromatic rings. The number of thioether (sulfide) groups is 1. The van der Waals surface area contributed by atoms with Crippen LogP contribution in [-0.4, -0.2) is 22.3 Å². The van der Waals surface area contributed by atoms with E-state index in [-0.39, 0.29) is 0 Å². The number of fused-ring (bicyclic) bond motifs is 1. The molecule has 104 valence electrons. The predicted octanol–water partition coefficient (Wildman–Crippen LogP) is 3.56. The van der Waals surface area contributed by atoms with Gasteiger partial charge in [-0.15, -0.1) is 11.8 Å². The summed E-state index contributed by atoms with van der Waals surface area (Å²) in [4.78, 5) is 10.1. The fraction of sp³-hybridized carbons (Fsp3) is 0.375. The monoisotopic (exact) mass is 285 g/mol. The van der Waals surface area contributed by atoms with Crippen molar-refractivity contribution < 1.29 is 0 Å². The van der Waals surface area contributed by atoms with E-state index in [0.717, 1.165) is 31.0 Å². The van der Waals surface area contributed by atoms with E-state index in [1.165, 1.54) is 29.0 Å². The van der Waals surface area contributed by atoms with Gasteiger partial charge in [0.05, 0.1) is 0 Å². The second-order valence-electron chi connectivity index (χ2n) is 4.94. The Kier molecular flexibility index (Phi) is 4.53. The van der Waals surface area contributed by atoms with Crippen molar-refractivity contribution in [3.05, 3.63) is 47.9 Å². The van der Waals surface area contributed by atoms with Gasteiger partial charge < -0.3 is 5.32 Å². The molecule has 1 aromatic heterocycles. The summed E-state index contributed by atoms with van der Waals surface area (Å²) in [5.74, 6) is 2.09. The van der Waals surface area contributed by atoms with E-state index >= 15 is 0 Å². The van der Waals surface area contributed by atoms with Gasteiger partial charge in [-0.1, -0.05) is 18.2 Å². The maximum atomic E-state index is 4.41. The Bertz CT molecular complexity index is 557. The lowest BCUT2D eigenvalue weighted by Crippen LogP contribution is -2.13. The average molecular weight is 285 g/mol. The number of aromatic nitrogens is 2. The second-order valence-corrected chi connectivity index (χ2v) is 6.11. The Hall–Kier alpha value is -1.55. The number of anilines is 1. The van der Waals surface area contributed by atoms with Crippen molar-refractivity contribution in [2.45, 2.75) is 30.6 Å². The Balaban J connectivity index is 1.54. The van der Waals surface area contributed by atoms with Crippen LogP contribution in [0, 0.1) is 0 Å². The summed E-state index contributed by atoms with van der Waals surface area (Å²) in [6.07, 6.45) is 6.42. The van der Waals surface area contributed by atoms with Gasteiger partial charge >= 0.3 is 0 Å². The van der Waals surface area contributed by atoms with Crippen molar-refractivity contribution in [2.24, 2.45) is 0 Å². The first-order valence-corrected chi connectivity index (χ1v) is 8.16. The summed E-state index contributed by atoms with van der Waals surface area (Å²) >= 11 is 1.87. The molecule has 0 spiro atoms.